The van der Waals surface area contributed by atoms with Gasteiger partial charge in [-0.15, -0.1) is 0 Å². The Morgan fingerprint density at radius 1 is 1.33 bits per heavy atom. The van der Waals surface area contributed by atoms with Gasteiger partial charge in [0.2, 0.25) is 0 Å². The van der Waals surface area contributed by atoms with Crippen molar-refractivity contribution >= 4 is 11.4 Å². The van der Waals surface area contributed by atoms with Crippen LogP contribution in [0.15, 0.2) is 18.2 Å². The van der Waals surface area contributed by atoms with E-state index in [0.717, 1.165) is 12.2 Å². The first kappa shape index (κ1) is 13.2. The number of hydrogen-bond donors (Lipinski definition) is 1. The van der Waals surface area contributed by atoms with E-state index >= 15 is 0 Å². The van der Waals surface area contributed by atoms with Crippen LogP contribution in [0.3, 0.4) is 0 Å². The van der Waals surface area contributed by atoms with Crippen molar-refractivity contribution in [3.8, 4) is 0 Å². The molecule has 1 aromatic rings. The Morgan fingerprint density at radius 3 is 2.56 bits per heavy atom. The number of benzene rings is 1. The molecule has 2 nitrogen and oxygen atoms in total. The molecule has 3 heteroatoms. The van der Waals surface area contributed by atoms with Crippen LogP contribution in [0.4, 0.5) is 15.8 Å². The van der Waals surface area contributed by atoms with Crippen molar-refractivity contribution < 1.29 is 4.39 Å². The van der Waals surface area contributed by atoms with E-state index in [1.807, 2.05) is 6.07 Å². The van der Waals surface area contributed by atoms with Crippen LogP contribution in [0, 0.1) is 11.7 Å². The summed E-state index contributed by atoms with van der Waals surface area (Å²) in [6.07, 6.45) is 5.04. The SMILES string of the molecule is CC(C)CN(c1ccc(F)cc1N)C1CCCC1. The third-order valence-electron chi connectivity index (χ3n) is 3.63. The summed E-state index contributed by atoms with van der Waals surface area (Å²) in [4.78, 5) is 2.38. The Hall–Kier alpha value is -1.25. The zero-order valence-corrected chi connectivity index (χ0v) is 11.3. The second kappa shape index (κ2) is 5.59. The standard InChI is InChI=1S/C15H23FN2/c1-11(2)10-18(13-5-3-4-6-13)15-8-7-12(16)9-14(15)17/h7-9,11,13H,3-6,10,17H2,1-2H3. The third kappa shape index (κ3) is 2.95. The molecule has 1 aromatic carbocycles. The van der Waals surface area contributed by atoms with Crippen LogP contribution >= 0.6 is 0 Å². The van der Waals surface area contributed by atoms with Gasteiger partial charge in [-0.25, -0.2) is 4.39 Å². The lowest BCUT2D eigenvalue weighted by Gasteiger charge is -2.33. The van der Waals surface area contributed by atoms with Crippen LogP contribution in [-0.4, -0.2) is 12.6 Å². The number of nitrogens with zero attached hydrogens (tertiary/aromatic N) is 1. The zero-order chi connectivity index (χ0) is 13.1. The normalized spacial score (nSPS) is 16.4. The highest BCUT2D eigenvalue weighted by Gasteiger charge is 2.24. The summed E-state index contributed by atoms with van der Waals surface area (Å²) in [5.41, 5.74) is 7.54. The summed E-state index contributed by atoms with van der Waals surface area (Å²) in [7, 11) is 0. The highest BCUT2D eigenvalue weighted by molar-refractivity contribution is 5.68. The minimum Gasteiger partial charge on any atom is -0.397 e. The highest BCUT2D eigenvalue weighted by atomic mass is 19.1. The lowest BCUT2D eigenvalue weighted by Crippen LogP contribution is -2.36. The minimum absolute atomic E-state index is 0.257. The van der Waals surface area contributed by atoms with E-state index in [1.54, 1.807) is 0 Å². The van der Waals surface area contributed by atoms with Gasteiger partial charge < -0.3 is 10.6 Å². The molecule has 1 aliphatic carbocycles. The number of nitrogen functional groups attached to an aromatic ring is 1. The van der Waals surface area contributed by atoms with Gasteiger partial charge in [0.15, 0.2) is 0 Å². The first-order valence-electron chi connectivity index (χ1n) is 6.89. The number of hydrogen-bond acceptors (Lipinski definition) is 2. The van der Waals surface area contributed by atoms with E-state index in [0.29, 0.717) is 17.6 Å². The summed E-state index contributed by atoms with van der Waals surface area (Å²) < 4.78 is 13.2. The maximum absolute atomic E-state index is 13.2. The Morgan fingerprint density at radius 2 is 2.00 bits per heavy atom. The fourth-order valence-corrected chi connectivity index (χ4v) is 2.84. The molecular weight excluding hydrogens is 227 g/mol. The van der Waals surface area contributed by atoms with Gasteiger partial charge in [-0.05, 0) is 37.0 Å². The van der Waals surface area contributed by atoms with Crippen molar-refractivity contribution in [3.63, 3.8) is 0 Å². The molecule has 2 rings (SSSR count). The fourth-order valence-electron chi connectivity index (χ4n) is 2.84. The first-order chi connectivity index (χ1) is 8.58. The highest BCUT2D eigenvalue weighted by Crippen LogP contribution is 2.32. The predicted molar refractivity (Wildman–Crippen MR) is 75.3 cm³/mol. The van der Waals surface area contributed by atoms with Crippen LogP contribution in [0.2, 0.25) is 0 Å². The number of rotatable bonds is 4. The molecule has 2 N–H and O–H groups in total. The summed E-state index contributed by atoms with van der Waals surface area (Å²) in [5, 5.41) is 0. The molecule has 0 radical (unpaired) electrons. The lowest BCUT2D eigenvalue weighted by atomic mass is 10.1. The van der Waals surface area contributed by atoms with Crippen molar-refractivity contribution in [2.45, 2.75) is 45.6 Å². The van der Waals surface area contributed by atoms with Gasteiger partial charge in [-0.3, -0.25) is 0 Å². The molecule has 0 aromatic heterocycles. The molecule has 0 spiro atoms. The molecule has 0 atom stereocenters. The molecule has 0 unspecified atom stereocenters. The smallest absolute Gasteiger partial charge is 0.125 e. The van der Waals surface area contributed by atoms with Crippen LogP contribution in [0.5, 0.6) is 0 Å². The molecule has 0 aliphatic heterocycles. The van der Waals surface area contributed by atoms with E-state index in [1.165, 1.54) is 37.8 Å². The predicted octanol–water partition coefficient (Wildman–Crippen LogP) is 3.81. The fraction of sp³-hybridized carbons (Fsp3) is 0.600. The van der Waals surface area contributed by atoms with E-state index in [2.05, 4.69) is 18.7 Å². The topological polar surface area (TPSA) is 29.3 Å². The largest absolute Gasteiger partial charge is 0.397 e. The van der Waals surface area contributed by atoms with Crippen molar-refractivity contribution in [1.82, 2.24) is 0 Å². The molecular formula is C15H23FN2. The van der Waals surface area contributed by atoms with Crippen molar-refractivity contribution in [2.75, 3.05) is 17.2 Å². The summed E-state index contributed by atoms with van der Waals surface area (Å²) >= 11 is 0. The second-order valence-corrected chi connectivity index (χ2v) is 5.69. The molecule has 18 heavy (non-hydrogen) atoms. The molecule has 100 valence electrons. The van der Waals surface area contributed by atoms with Gasteiger partial charge in [0.1, 0.15) is 5.82 Å². The van der Waals surface area contributed by atoms with Gasteiger partial charge in [0, 0.05) is 12.6 Å². The van der Waals surface area contributed by atoms with Crippen LogP contribution in [0.25, 0.3) is 0 Å². The maximum atomic E-state index is 13.2. The maximum Gasteiger partial charge on any atom is 0.125 e. The second-order valence-electron chi connectivity index (χ2n) is 5.69. The average molecular weight is 250 g/mol. The van der Waals surface area contributed by atoms with Gasteiger partial charge >= 0.3 is 0 Å². The van der Waals surface area contributed by atoms with Crippen molar-refractivity contribution in [1.29, 1.82) is 0 Å². The van der Waals surface area contributed by atoms with Crippen LogP contribution in [-0.2, 0) is 0 Å². The van der Waals surface area contributed by atoms with Gasteiger partial charge in [0.05, 0.1) is 11.4 Å². The molecule has 0 bridgehead atoms. The van der Waals surface area contributed by atoms with Gasteiger partial charge in [-0.1, -0.05) is 26.7 Å². The Kier molecular flexibility index (Phi) is 4.10. The Bertz CT molecular complexity index is 397. The number of anilines is 2. The molecule has 0 amide bonds. The summed E-state index contributed by atoms with van der Waals surface area (Å²) in [5.74, 6) is 0.322. The van der Waals surface area contributed by atoms with E-state index in [-0.39, 0.29) is 5.82 Å². The van der Waals surface area contributed by atoms with Crippen molar-refractivity contribution in [2.24, 2.45) is 5.92 Å². The van der Waals surface area contributed by atoms with Crippen LogP contribution in [0.1, 0.15) is 39.5 Å². The summed E-state index contributed by atoms with van der Waals surface area (Å²) in [6.45, 7) is 5.41. The van der Waals surface area contributed by atoms with Crippen LogP contribution < -0.4 is 10.6 Å². The van der Waals surface area contributed by atoms with Gasteiger partial charge in [-0.2, -0.15) is 0 Å². The quantitative estimate of drug-likeness (QED) is 0.823. The monoisotopic (exact) mass is 250 g/mol. The average Bonchev–Trinajstić information content (AvgIpc) is 2.79. The minimum atomic E-state index is -0.257. The van der Waals surface area contributed by atoms with Crippen molar-refractivity contribution in [3.05, 3.63) is 24.0 Å². The van der Waals surface area contributed by atoms with E-state index in [9.17, 15) is 4.39 Å². The summed E-state index contributed by atoms with van der Waals surface area (Å²) in [6, 6.07) is 5.33. The molecule has 0 heterocycles. The Balaban J connectivity index is 2.26. The van der Waals surface area contributed by atoms with Gasteiger partial charge in [0.25, 0.3) is 0 Å². The third-order valence-corrected chi connectivity index (χ3v) is 3.63. The molecule has 1 saturated carbocycles. The molecule has 1 fully saturated rings. The number of halogens is 1. The zero-order valence-electron chi connectivity index (χ0n) is 11.3. The van der Waals surface area contributed by atoms with E-state index < -0.39 is 0 Å². The molecule has 1 aliphatic rings. The molecule has 0 saturated heterocycles. The number of nitrogens with two attached hydrogens (primary N) is 1. The van der Waals surface area contributed by atoms with E-state index in [4.69, 9.17) is 5.73 Å². The lowest BCUT2D eigenvalue weighted by molar-refractivity contribution is 0.536. The Labute approximate surface area is 109 Å². The first-order valence-corrected chi connectivity index (χ1v) is 6.89.